The number of fused-ring (bicyclic) bond motifs is 1. The summed E-state index contributed by atoms with van der Waals surface area (Å²) in [6.07, 6.45) is 1.47. The molecular weight excluding hydrogens is 457 g/mol. The Hall–Kier alpha value is -3.43. The molecule has 35 heavy (non-hydrogen) atoms. The minimum atomic E-state index is -1.51. The molecule has 0 aliphatic carbocycles. The van der Waals surface area contributed by atoms with E-state index >= 15 is 0 Å². The number of carbonyl (C=O) groups excluding carboxylic acids is 1. The number of halogens is 3. The SMILES string of the molecule is CN(C)CC(O)CN(C(=O)c1cccc2c1CCN2)c1cc(Cc2cc(F)c(F)c(F)c2)ccn1. The third-order valence-corrected chi connectivity index (χ3v) is 5.85. The summed E-state index contributed by atoms with van der Waals surface area (Å²) in [4.78, 5) is 21.3. The van der Waals surface area contributed by atoms with Crippen molar-refractivity contribution < 1.29 is 23.1 Å². The van der Waals surface area contributed by atoms with Gasteiger partial charge in [0.2, 0.25) is 0 Å². The van der Waals surface area contributed by atoms with Gasteiger partial charge in [0.05, 0.1) is 12.6 Å². The van der Waals surface area contributed by atoms with Crippen LogP contribution < -0.4 is 10.2 Å². The highest BCUT2D eigenvalue weighted by molar-refractivity contribution is 6.07. The molecule has 1 aromatic heterocycles. The predicted octanol–water partition coefficient (Wildman–Crippen LogP) is 3.63. The van der Waals surface area contributed by atoms with Gasteiger partial charge in [0.25, 0.3) is 5.91 Å². The van der Waals surface area contributed by atoms with Gasteiger partial charge < -0.3 is 15.3 Å². The molecule has 4 rings (SSSR count). The number of aromatic nitrogens is 1. The Morgan fingerprint density at radius 1 is 1.09 bits per heavy atom. The van der Waals surface area contributed by atoms with Crippen LogP contribution in [0.2, 0.25) is 0 Å². The third-order valence-electron chi connectivity index (χ3n) is 5.85. The largest absolute Gasteiger partial charge is 0.390 e. The van der Waals surface area contributed by atoms with E-state index in [1.807, 2.05) is 25.1 Å². The maximum Gasteiger partial charge on any atom is 0.259 e. The number of rotatable bonds is 8. The number of benzene rings is 2. The summed E-state index contributed by atoms with van der Waals surface area (Å²) in [6.45, 7) is 1.08. The second-order valence-corrected chi connectivity index (χ2v) is 8.91. The highest BCUT2D eigenvalue weighted by atomic mass is 19.2. The molecule has 9 heteroatoms. The zero-order chi connectivity index (χ0) is 25.1. The Morgan fingerprint density at radius 3 is 2.54 bits per heavy atom. The number of carbonyl (C=O) groups is 1. The van der Waals surface area contributed by atoms with E-state index in [0.29, 0.717) is 29.9 Å². The number of hydrogen-bond acceptors (Lipinski definition) is 5. The molecule has 0 bridgehead atoms. The Bertz CT molecular complexity index is 1210. The molecular formula is C26H27F3N4O2. The number of aliphatic hydroxyl groups excluding tert-OH is 1. The van der Waals surface area contributed by atoms with Gasteiger partial charge in [-0.3, -0.25) is 9.69 Å². The maximum absolute atomic E-state index is 13.7. The molecule has 1 atom stereocenters. The topological polar surface area (TPSA) is 68.7 Å². The van der Waals surface area contributed by atoms with Crippen molar-refractivity contribution in [1.82, 2.24) is 9.88 Å². The lowest BCUT2D eigenvalue weighted by Crippen LogP contribution is -2.42. The van der Waals surface area contributed by atoms with E-state index in [2.05, 4.69) is 10.3 Å². The van der Waals surface area contributed by atoms with Crippen LogP contribution in [0.25, 0.3) is 0 Å². The normalized spacial score (nSPS) is 13.5. The van der Waals surface area contributed by atoms with Crippen molar-refractivity contribution in [3.63, 3.8) is 0 Å². The standard InChI is InChI=1S/C26H27F3N4O2/c1-32(2)14-18(34)15-33(26(35)20-4-3-5-23-19(20)7-9-30-23)24-13-16(6-8-31-24)10-17-11-21(27)25(29)22(28)12-17/h3-6,8,11-13,18,30,34H,7,9-10,14-15H2,1-2H3. The van der Waals surface area contributed by atoms with Crippen LogP contribution in [0.1, 0.15) is 27.0 Å². The minimum Gasteiger partial charge on any atom is -0.390 e. The zero-order valence-corrected chi connectivity index (χ0v) is 19.6. The quantitative estimate of drug-likeness (QED) is 0.478. The van der Waals surface area contributed by atoms with E-state index in [9.17, 15) is 23.1 Å². The molecule has 0 saturated carbocycles. The van der Waals surface area contributed by atoms with E-state index in [1.165, 1.54) is 11.1 Å². The fraction of sp³-hybridized carbons (Fsp3) is 0.308. The predicted molar refractivity (Wildman–Crippen MR) is 128 cm³/mol. The van der Waals surface area contributed by atoms with Crippen molar-refractivity contribution in [2.24, 2.45) is 0 Å². The van der Waals surface area contributed by atoms with Gasteiger partial charge in [-0.25, -0.2) is 18.2 Å². The van der Waals surface area contributed by atoms with Crippen LogP contribution in [0.5, 0.6) is 0 Å². The fourth-order valence-corrected chi connectivity index (χ4v) is 4.32. The van der Waals surface area contributed by atoms with E-state index in [-0.39, 0.29) is 24.4 Å². The summed E-state index contributed by atoms with van der Waals surface area (Å²) in [7, 11) is 3.65. The number of aliphatic hydroxyl groups is 1. The first-order valence-electron chi connectivity index (χ1n) is 11.3. The van der Waals surface area contributed by atoms with Crippen molar-refractivity contribution in [2.45, 2.75) is 18.9 Å². The summed E-state index contributed by atoms with van der Waals surface area (Å²) in [5, 5.41) is 13.9. The molecule has 2 aromatic carbocycles. The van der Waals surface area contributed by atoms with Gasteiger partial charge in [0.15, 0.2) is 17.5 Å². The highest BCUT2D eigenvalue weighted by Crippen LogP contribution is 2.28. The highest BCUT2D eigenvalue weighted by Gasteiger charge is 2.27. The molecule has 1 aliphatic rings. The number of nitrogens with one attached hydrogen (secondary N) is 1. The van der Waals surface area contributed by atoms with Crippen molar-refractivity contribution in [2.75, 3.05) is 43.9 Å². The van der Waals surface area contributed by atoms with Crippen LogP contribution in [0.4, 0.5) is 24.7 Å². The molecule has 2 N–H and O–H groups in total. The first-order chi connectivity index (χ1) is 16.7. The van der Waals surface area contributed by atoms with E-state index in [0.717, 1.165) is 29.9 Å². The first kappa shape index (κ1) is 24.7. The van der Waals surface area contributed by atoms with Crippen LogP contribution in [0.3, 0.4) is 0 Å². The second-order valence-electron chi connectivity index (χ2n) is 8.91. The number of amides is 1. The Balaban J connectivity index is 1.67. The van der Waals surface area contributed by atoms with Gasteiger partial charge in [-0.2, -0.15) is 0 Å². The lowest BCUT2D eigenvalue weighted by atomic mass is 10.0. The summed E-state index contributed by atoms with van der Waals surface area (Å²) in [6, 6.07) is 10.7. The molecule has 6 nitrogen and oxygen atoms in total. The van der Waals surface area contributed by atoms with Gasteiger partial charge in [-0.05, 0) is 80.0 Å². The second kappa shape index (κ2) is 10.5. The van der Waals surface area contributed by atoms with E-state index in [4.69, 9.17) is 0 Å². The maximum atomic E-state index is 13.7. The van der Waals surface area contributed by atoms with E-state index in [1.54, 1.807) is 24.3 Å². The van der Waals surface area contributed by atoms with Crippen LogP contribution in [0, 0.1) is 17.5 Å². The molecule has 0 saturated heterocycles. The zero-order valence-electron chi connectivity index (χ0n) is 19.6. The molecule has 1 unspecified atom stereocenters. The summed E-state index contributed by atoms with van der Waals surface area (Å²) in [5.74, 6) is -4.03. The fourth-order valence-electron chi connectivity index (χ4n) is 4.32. The average molecular weight is 485 g/mol. The van der Waals surface area contributed by atoms with E-state index < -0.39 is 23.6 Å². The molecule has 0 spiro atoms. The van der Waals surface area contributed by atoms with Gasteiger partial charge >= 0.3 is 0 Å². The number of pyridine rings is 1. The number of hydrogen-bond donors (Lipinski definition) is 2. The Kier molecular flexibility index (Phi) is 7.37. The van der Waals surface area contributed by atoms with Crippen molar-refractivity contribution in [1.29, 1.82) is 0 Å². The lowest BCUT2D eigenvalue weighted by Gasteiger charge is -2.27. The van der Waals surface area contributed by atoms with Crippen LogP contribution >= 0.6 is 0 Å². The van der Waals surface area contributed by atoms with Crippen molar-refractivity contribution in [3.8, 4) is 0 Å². The van der Waals surface area contributed by atoms with Crippen LogP contribution in [0.15, 0.2) is 48.7 Å². The molecule has 1 amide bonds. The molecule has 0 fully saturated rings. The van der Waals surface area contributed by atoms with Crippen LogP contribution in [-0.4, -0.2) is 60.7 Å². The number of likely N-dealkylation sites (N-methyl/N-ethyl adjacent to an activating group) is 1. The first-order valence-corrected chi connectivity index (χ1v) is 11.3. The molecule has 3 aromatic rings. The number of anilines is 2. The molecule has 0 radical (unpaired) electrons. The van der Waals surface area contributed by atoms with Crippen LogP contribution in [-0.2, 0) is 12.8 Å². The summed E-state index contributed by atoms with van der Waals surface area (Å²) < 4.78 is 40.7. The van der Waals surface area contributed by atoms with Gasteiger partial charge in [0, 0.05) is 30.5 Å². The van der Waals surface area contributed by atoms with Crippen molar-refractivity contribution >= 4 is 17.4 Å². The average Bonchev–Trinajstić information content (AvgIpc) is 3.29. The lowest BCUT2D eigenvalue weighted by molar-refractivity contribution is 0.0943. The monoisotopic (exact) mass is 484 g/mol. The van der Waals surface area contributed by atoms with Gasteiger partial charge in [0.1, 0.15) is 5.82 Å². The summed E-state index contributed by atoms with van der Waals surface area (Å²) in [5.41, 5.74) is 3.22. The minimum absolute atomic E-state index is 0.00433. The molecule has 2 heterocycles. The van der Waals surface area contributed by atoms with Gasteiger partial charge in [-0.15, -0.1) is 0 Å². The molecule has 184 valence electrons. The summed E-state index contributed by atoms with van der Waals surface area (Å²) >= 11 is 0. The Labute approximate surface area is 202 Å². The smallest absolute Gasteiger partial charge is 0.259 e. The number of nitrogens with zero attached hydrogens (tertiary/aromatic N) is 3. The Morgan fingerprint density at radius 2 is 1.83 bits per heavy atom. The molecule has 1 aliphatic heterocycles. The van der Waals surface area contributed by atoms with Crippen molar-refractivity contribution in [3.05, 3.63) is 88.4 Å². The third kappa shape index (κ3) is 5.63. The van der Waals surface area contributed by atoms with Gasteiger partial charge in [-0.1, -0.05) is 6.07 Å².